The fourth-order valence-electron chi connectivity index (χ4n) is 2.49. The second-order valence-corrected chi connectivity index (χ2v) is 6.30. The number of carboxylic acids is 1. The molecule has 0 radical (unpaired) electrons. The maximum Gasteiger partial charge on any atom is 0.322 e. The summed E-state index contributed by atoms with van der Waals surface area (Å²) in [7, 11) is 2.56. The Morgan fingerprint density at radius 2 is 1.89 bits per heavy atom. The first-order valence-corrected chi connectivity index (χ1v) is 8.35. The highest BCUT2D eigenvalue weighted by Gasteiger charge is 2.20. The first kappa shape index (κ1) is 18.4. The summed E-state index contributed by atoms with van der Waals surface area (Å²) in [6.45, 7) is -0.669. The Labute approximate surface area is 155 Å². The van der Waals surface area contributed by atoms with E-state index in [0.717, 1.165) is 5.30 Å². The lowest BCUT2D eigenvalue weighted by Gasteiger charge is -2.10. The van der Waals surface area contributed by atoms with Crippen molar-refractivity contribution in [3.63, 3.8) is 0 Å². The van der Waals surface area contributed by atoms with Crippen LogP contribution in [0.4, 0.5) is 0 Å². The number of ether oxygens (including phenoxy) is 1. The van der Waals surface area contributed by atoms with E-state index in [0.29, 0.717) is 11.5 Å². The number of carbonyl (C=O) groups excluding carboxylic acids is 1. The van der Waals surface area contributed by atoms with Crippen LogP contribution in [0.15, 0.2) is 47.3 Å². The average molecular weight is 386 g/mol. The molecule has 1 atom stereocenters. The van der Waals surface area contributed by atoms with Crippen LogP contribution < -0.4 is 20.9 Å². The number of aromatic amines is 1. The van der Waals surface area contributed by atoms with Crippen molar-refractivity contribution in [2.75, 3.05) is 6.54 Å². The summed E-state index contributed by atoms with van der Waals surface area (Å²) in [5.41, 5.74) is -1.12. The van der Waals surface area contributed by atoms with Gasteiger partial charge in [0, 0.05) is 11.5 Å². The van der Waals surface area contributed by atoms with Crippen molar-refractivity contribution in [1.82, 2.24) is 10.3 Å². The number of amides is 1. The topological polar surface area (TPSA) is 129 Å². The Morgan fingerprint density at radius 1 is 1.15 bits per heavy atom. The van der Waals surface area contributed by atoms with E-state index in [1.807, 2.05) is 23.5 Å². The number of carboxylic acid groups (broad SMARTS) is 1. The molecule has 0 bridgehead atoms. The van der Waals surface area contributed by atoms with Crippen LogP contribution in [0.3, 0.4) is 0 Å². The maximum absolute atomic E-state index is 12.2. The van der Waals surface area contributed by atoms with Crippen LogP contribution >= 0.6 is 9.24 Å². The molecule has 0 saturated heterocycles. The highest BCUT2D eigenvalue weighted by molar-refractivity contribution is 7.27. The van der Waals surface area contributed by atoms with Crippen LogP contribution in [-0.4, -0.2) is 33.6 Å². The minimum atomic E-state index is -1.27. The number of hydrogen-bond acceptors (Lipinski definition) is 5. The van der Waals surface area contributed by atoms with Crippen molar-refractivity contribution in [3.05, 3.63) is 58.4 Å². The van der Waals surface area contributed by atoms with Gasteiger partial charge in [-0.3, -0.25) is 14.4 Å². The Kier molecular flexibility index (Phi) is 5.09. The van der Waals surface area contributed by atoms with Gasteiger partial charge < -0.3 is 25.3 Å². The first-order chi connectivity index (χ1) is 12.8. The summed E-state index contributed by atoms with van der Waals surface area (Å²) in [5.74, 6) is -1.75. The van der Waals surface area contributed by atoms with Crippen molar-refractivity contribution in [2.24, 2.45) is 0 Å². The first-order valence-electron chi connectivity index (χ1n) is 7.77. The Bertz CT molecular complexity index is 1110. The van der Waals surface area contributed by atoms with Crippen molar-refractivity contribution >= 4 is 37.3 Å². The molecule has 138 valence electrons. The van der Waals surface area contributed by atoms with Crippen molar-refractivity contribution in [2.45, 2.75) is 0 Å². The summed E-state index contributed by atoms with van der Waals surface area (Å²) in [6, 6.07) is 11.9. The zero-order valence-corrected chi connectivity index (χ0v) is 15.0. The van der Waals surface area contributed by atoms with Crippen LogP contribution in [0, 0.1) is 0 Å². The van der Waals surface area contributed by atoms with E-state index >= 15 is 0 Å². The minimum Gasteiger partial charge on any atom is -0.506 e. The normalized spacial score (nSPS) is 10.6. The molecule has 0 spiro atoms. The summed E-state index contributed by atoms with van der Waals surface area (Å²) in [5, 5.41) is 22.1. The molecule has 0 aliphatic rings. The zero-order chi connectivity index (χ0) is 19.6. The number of aliphatic carboxylic acids is 1. The van der Waals surface area contributed by atoms with Crippen molar-refractivity contribution in [3.8, 4) is 17.2 Å². The van der Waals surface area contributed by atoms with Gasteiger partial charge in [0.05, 0.1) is 5.52 Å². The number of aromatic nitrogens is 1. The number of aromatic hydroxyl groups is 1. The molecule has 9 heteroatoms. The second kappa shape index (κ2) is 7.47. The van der Waals surface area contributed by atoms with E-state index in [-0.39, 0.29) is 10.9 Å². The van der Waals surface area contributed by atoms with Gasteiger partial charge in [-0.05, 0) is 29.6 Å². The third-order valence-corrected chi connectivity index (χ3v) is 4.04. The van der Waals surface area contributed by atoms with E-state index in [1.54, 1.807) is 12.1 Å². The monoisotopic (exact) mass is 386 g/mol. The van der Waals surface area contributed by atoms with E-state index < -0.39 is 35.3 Å². The van der Waals surface area contributed by atoms with Gasteiger partial charge in [-0.25, -0.2) is 0 Å². The number of rotatable bonds is 5. The summed E-state index contributed by atoms with van der Waals surface area (Å²) < 4.78 is 5.73. The second-order valence-electron chi connectivity index (χ2n) is 5.64. The largest absolute Gasteiger partial charge is 0.506 e. The fraction of sp³-hybridized carbons (Fsp3) is 0.0556. The molecule has 3 aromatic rings. The molecule has 1 unspecified atom stereocenters. The van der Waals surface area contributed by atoms with Gasteiger partial charge in [0.2, 0.25) is 0 Å². The molecule has 1 aromatic heterocycles. The maximum atomic E-state index is 12.2. The van der Waals surface area contributed by atoms with Gasteiger partial charge in [-0.1, -0.05) is 12.1 Å². The number of fused-ring (bicyclic) bond motifs is 1. The molecule has 4 N–H and O–H groups in total. The number of nitrogens with one attached hydrogen (secondary N) is 2. The van der Waals surface area contributed by atoms with Crippen LogP contribution in [-0.2, 0) is 4.79 Å². The highest BCUT2D eigenvalue weighted by Crippen LogP contribution is 2.29. The molecule has 2 aromatic carbocycles. The zero-order valence-electron chi connectivity index (χ0n) is 13.9. The molecule has 1 amide bonds. The molecule has 0 saturated carbocycles. The van der Waals surface area contributed by atoms with Gasteiger partial charge in [-0.2, -0.15) is 0 Å². The number of H-pyrrole nitrogens is 1. The van der Waals surface area contributed by atoms with Crippen LogP contribution in [0.2, 0.25) is 0 Å². The van der Waals surface area contributed by atoms with Gasteiger partial charge in [0.25, 0.3) is 11.5 Å². The Hall–Kier alpha value is -3.38. The third kappa shape index (κ3) is 4.07. The van der Waals surface area contributed by atoms with Crippen molar-refractivity contribution < 1.29 is 24.5 Å². The number of pyridine rings is 1. The molecule has 1 heterocycles. The van der Waals surface area contributed by atoms with Gasteiger partial charge in [0.1, 0.15) is 29.4 Å². The molecule has 0 aliphatic heterocycles. The van der Waals surface area contributed by atoms with Crippen LogP contribution in [0.5, 0.6) is 17.2 Å². The van der Waals surface area contributed by atoms with Gasteiger partial charge >= 0.3 is 5.97 Å². The molecule has 3 rings (SSSR count). The Balaban J connectivity index is 1.97. The van der Waals surface area contributed by atoms with E-state index in [4.69, 9.17) is 9.84 Å². The SMILES string of the molecule is O=C(O)CNC(=O)c1c(O)c2ccc(Oc3cccc(P)c3)cc2[nH]c1=O. The highest BCUT2D eigenvalue weighted by atomic mass is 31.0. The summed E-state index contributed by atoms with van der Waals surface area (Å²) >= 11 is 0. The summed E-state index contributed by atoms with van der Waals surface area (Å²) in [4.78, 5) is 37.2. The summed E-state index contributed by atoms with van der Waals surface area (Å²) in [6.07, 6.45) is 0. The quantitative estimate of drug-likeness (QED) is 0.490. The number of hydrogen-bond donors (Lipinski definition) is 4. The van der Waals surface area contributed by atoms with E-state index in [2.05, 4.69) is 14.2 Å². The van der Waals surface area contributed by atoms with Crippen molar-refractivity contribution in [1.29, 1.82) is 0 Å². The van der Waals surface area contributed by atoms with Crippen LogP contribution in [0.25, 0.3) is 10.9 Å². The molecule has 27 heavy (non-hydrogen) atoms. The minimum absolute atomic E-state index is 0.224. The smallest absolute Gasteiger partial charge is 0.322 e. The predicted octanol–water partition coefficient (Wildman–Crippen LogP) is 1.34. The Morgan fingerprint density at radius 3 is 2.59 bits per heavy atom. The van der Waals surface area contributed by atoms with Gasteiger partial charge in [-0.15, -0.1) is 9.24 Å². The molecule has 8 nitrogen and oxygen atoms in total. The third-order valence-electron chi connectivity index (χ3n) is 3.68. The van der Waals surface area contributed by atoms with Gasteiger partial charge in [0.15, 0.2) is 0 Å². The lowest BCUT2D eigenvalue weighted by atomic mass is 10.1. The lowest BCUT2D eigenvalue weighted by Crippen LogP contribution is -2.33. The average Bonchev–Trinajstić information content (AvgIpc) is 2.59. The molecule has 0 fully saturated rings. The molecular formula is C18H15N2O6P. The predicted molar refractivity (Wildman–Crippen MR) is 102 cm³/mol. The van der Waals surface area contributed by atoms with E-state index in [9.17, 15) is 19.5 Å². The standard InChI is InChI=1S/C18H15N2O6P/c21-14(22)8-19-17(24)15-16(23)12-5-4-10(7-13(12)20-18(15)25)26-9-2-1-3-11(27)6-9/h1-7H,8,27H2,(H,19,24)(H,21,22)(H2,20,23,25). The number of carbonyl (C=O) groups is 2. The molecule has 0 aliphatic carbocycles. The number of benzene rings is 2. The van der Waals surface area contributed by atoms with Crippen LogP contribution in [0.1, 0.15) is 10.4 Å². The lowest BCUT2D eigenvalue weighted by molar-refractivity contribution is -0.135. The van der Waals surface area contributed by atoms with E-state index in [1.165, 1.54) is 12.1 Å². The fourth-order valence-corrected chi connectivity index (χ4v) is 2.77. The molecular weight excluding hydrogens is 371 g/mol.